The van der Waals surface area contributed by atoms with E-state index in [9.17, 15) is 4.79 Å². The van der Waals surface area contributed by atoms with E-state index in [0.29, 0.717) is 0 Å². The van der Waals surface area contributed by atoms with Crippen molar-refractivity contribution in [3.8, 4) is 0 Å². The minimum Gasteiger partial charge on any atom is -0.391 e. The molecular formula is C5H11NO2. The van der Waals surface area contributed by atoms with Gasteiger partial charge in [-0.1, -0.05) is 0 Å². The van der Waals surface area contributed by atoms with Gasteiger partial charge in [0.05, 0.1) is 12.1 Å². The largest absolute Gasteiger partial charge is 0.391 e. The summed E-state index contributed by atoms with van der Waals surface area (Å²) in [7, 11) is 0. The van der Waals surface area contributed by atoms with Crippen LogP contribution in [0.4, 0.5) is 0 Å². The van der Waals surface area contributed by atoms with E-state index in [1.165, 1.54) is 13.8 Å². The summed E-state index contributed by atoms with van der Waals surface area (Å²) in [4.78, 5) is 10.3. The van der Waals surface area contributed by atoms with Crippen LogP contribution in [0, 0.1) is 0 Å². The third-order valence-electron chi connectivity index (χ3n) is 0.989. The molecule has 3 nitrogen and oxygen atoms in total. The molecule has 0 saturated heterocycles. The van der Waals surface area contributed by atoms with Crippen molar-refractivity contribution in [1.82, 2.24) is 0 Å². The van der Waals surface area contributed by atoms with E-state index in [0.717, 1.165) is 0 Å². The van der Waals surface area contributed by atoms with Gasteiger partial charge in [0.25, 0.3) is 0 Å². The van der Waals surface area contributed by atoms with E-state index < -0.39 is 12.1 Å². The molecule has 0 aromatic rings. The zero-order valence-corrected chi connectivity index (χ0v) is 5.09. The lowest BCUT2D eigenvalue weighted by Gasteiger charge is -2.08. The molecule has 0 aliphatic heterocycles. The summed E-state index contributed by atoms with van der Waals surface area (Å²) in [6.07, 6.45) is -0.729. The highest BCUT2D eigenvalue weighted by Crippen LogP contribution is 1.87. The fraction of sp³-hybridized carbons (Fsp3) is 0.800. The van der Waals surface area contributed by atoms with Crippen molar-refractivity contribution in [3.63, 3.8) is 0 Å². The Kier molecular flexibility index (Phi) is 2.65. The van der Waals surface area contributed by atoms with Gasteiger partial charge in [-0.15, -0.1) is 0 Å². The molecule has 0 aromatic carbocycles. The molecule has 0 fully saturated rings. The predicted molar refractivity (Wildman–Crippen MR) is 30.3 cm³/mol. The van der Waals surface area contributed by atoms with Crippen LogP contribution >= 0.6 is 0 Å². The normalized spacial score (nSPS) is 17.5. The monoisotopic (exact) mass is 117 g/mol. The molecule has 0 bridgehead atoms. The van der Waals surface area contributed by atoms with Crippen molar-refractivity contribution < 1.29 is 9.90 Å². The highest BCUT2D eigenvalue weighted by atomic mass is 16.3. The molecule has 0 spiro atoms. The van der Waals surface area contributed by atoms with Gasteiger partial charge in [-0.25, -0.2) is 0 Å². The average molecular weight is 117 g/mol. The summed E-state index contributed by atoms with van der Waals surface area (Å²) in [5.41, 5.74) is 5.16. The number of Topliss-reactive ketones (excluding diaryl/α,β-unsaturated/α-hetero) is 1. The highest BCUT2D eigenvalue weighted by Gasteiger charge is 2.12. The smallest absolute Gasteiger partial charge is 0.149 e. The summed E-state index contributed by atoms with van der Waals surface area (Å²) in [6.45, 7) is 2.85. The fourth-order valence-electron chi connectivity index (χ4n) is 0.340. The SMILES string of the molecule is CC(=O)[C@H](N)[C@H](C)O. The van der Waals surface area contributed by atoms with Gasteiger partial charge in [0, 0.05) is 0 Å². The van der Waals surface area contributed by atoms with E-state index in [4.69, 9.17) is 10.8 Å². The molecule has 3 N–H and O–H groups in total. The van der Waals surface area contributed by atoms with Crippen LogP contribution in [0.1, 0.15) is 13.8 Å². The molecule has 8 heavy (non-hydrogen) atoms. The number of ketones is 1. The number of carbonyl (C=O) groups excluding carboxylic acids is 1. The van der Waals surface area contributed by atoms with Gasteiger partial charge in [0.1, 0.15) is 5.78 Å². The number of rotatable bonds is 2. The molecule has 0 aliphatic rings. The minimum atomic E-state index is -0.729. The van der Waals surface area contributed by atoms with Gasteiger partial charge in [0.15, 0.2) is 0 Å². The Hall–Kier alpha value is -0.410. The lowest BCUT2D eigenvalue weighted by Crippen LogP contribution is -2.38. The lowest BCUT2D eigenvalue weighted by molar-refractivity contribution is -0.120. The standard InChI is InChI=1S/C5H11NO2/c1-3(7)5(6)4(2)8/h3,5,7H,6H2,1-2H3/t3-,5+/m0/s1. The van der Waals surface area contributed by atoms with Crippen molar-refractivity contribution >= 4 is 5.78 Å². The second-order valence-electron chi connectivity index (χ2n) is 1.88. The van der Waals surface area contributed by atoms with Crippen LogP contribution in [0.2, 0.25) is 0 Å². The van der Waals surface area contributed by atoms with Crippen LogP contribution in [-0.2, 0) is 4.79 Å². The van der Waals surface area contributed by atoms with E-state index >= 15 is 0 Å². The first-order valence-electron chi connectivity index (χ1n) is 2.50. The average Bonchev–Trinajstić information content (AvgIpc) is 1.64. The van der Waals surface area contributed by atoms with Crippen molar-refractivity contribution in [2.45, 2.75) is 26.0 Å². The van der Waals surface area contributed by atoms with E-state index in [1.807, 2.05) is 0 Å². The summed E-state index contributed by atoms with van der Waals surface area (Å²) in [6, 6.07) is -0.713. The Morgan fingerprint density at radius 2 is 2.12 bits per heavy atom. The molecule has 0 radical (unpaired) electrons. The number of nitrogens with two attached hydrogens (primary N) is 1. The Balaban J connectivity index is 3.64. The Morgan fingerprint density at radius 1 is 1.75 bits per heavy atom. The number of hydrogen-bond donors (Lipinski definition) is 2. The van der Waals surface area contributed by atoms with Gasteiger partial charge in [-0.2, -0.15) is 0 Å². The second-order valence-corrected chi connectivity index (χ2v) is 1.88. The molecular weight excluding hydrogens is 106 g/mol. The van der Waals surface area contributed by atoms with Crippen molar-refractivity contribution in [3.05, 3.63) is 0 Å². The molecule has 0 saturated carbocycles. The van der Waals surface area contributed by atoms with Crippen molar-refractivity contribution in [2.24, 2.45) is 5.73 Å². The maximum absolute atomic E-state index is 10.3. The lowest BCUT2D eigenvalue weighted by atomic mass is 10.1. The molecule has 0 unspecified atom stereocenters. The van der Waals surface area contributed by atoms with Crippen molar-refractivity contribution in [1.29, 1.82) is 0 Å². The first-order valence-corrected chi connectivity index (χ1v) is 2.50. The third kappa shape index (κ3) is 2.04. The molecule has 3 heteroatoms. The first-order chi connectivity index (χ1) is 3.55. The fourth-order valence-corrected chi connectivity index (χ4v) is 0.340. The van der Waals surface area contributed by atoms with E-state index in [-0.39, 0.29) is 5.78 Å². The number of aliphatic hydroxyl groups excluding tert-OH is 1. The molecule has 0 rings (SSSR count). The van der Waals surface area contributed by atoms with E-state index in [1.54, 1.807) is 0 Å². The molecule has 2 atom stereocenters. The summed E-state index contributed by atoms with van der Waals surface area (Å²) >= 11 is 0. The predicted octanol–water partition coefficient (Wildman–Crippen LogP) is -0.716. The van der Waals surface area contributed by atoms with Gasteiger partial charge in [-0.3, -0.25) is 4.79 Å². The maximum atomic E-state index is 10.3. The van der Waals surface area contributed by atoms with Crippen LogP contribution in [0.3, 0.4) is 0 Å². The Bertz CT molecular complexity index is 90.4. The quantitative estimate of drug-likeness (QED) is 0.502. The zero-order chi connectivity index (χ0) is 6.73. The summed E-state index contributed by atoms with van der Waals surface area (Å²) < 4.78 is 0. The second kappa shape index (κ2) is 2.79. The van der Waals surface area contributed by atoms with Crippen LogP contribution in [0.25, 0.3) is 0 Å². The molecule has 0 amide bonds. The van der Waals surface area contributed by atoms with Crippen LogP contribution in [-0.4, -0.2) is 23.0 Å². The minimum absolute atomic E-state index is 0.181. The summed E-state index contributed by atoms with van der Waals surface area (Å²) in [5.74, 6) is -0.181. The zero-order valence-electron chi connectivity index (χ0n) is 5.09. The van der Waals surface area contributed by atoms with E-state index in [2.05, 4.69) is 0 Å². The number of hydrogen-bond acceptors (Lipinski definition) is 3. The Morgan fingerprint density at radius 3 is 2.12 bits per heavy atom. The molecule has 48 valence electrons. The maximum Gasteiger partial charge on any atom is 0.149 e. The summed E-state index contributed by atoms with van der Waals surface area (Å²) in [5, 5.41) is 8.65. The van der Waals surface area contributed by atoms with Gasteiger partial charge in [-0.05, 0) is 13.8 Å². The van der Waals surface area contributed by atoms with Gasteiger partial charge >= 0.3 is 0 Å². The molecule has 0 aromatic heterocycles. The first kappa shape index (κ1) is 7.59. The van der Waals surface area contributed by atoms with Crippen LogP contribution < -0.4 is 5.73 Å². The number of aliphatic hydroxyl groups is 1. The number of carbonyl (C=O) groups is 1. The topological polar surface area (TPSA) is 63.3 Å². The van der Waals surface area contributed by atoms with Gasteiger partial charge in [0.2, 0.25) is 0 Å². The molecule has 0 aliphatic carbocycles. The highest BCUT2D eigenvalue weighted by molar-refractivity contribution is 5.81. The molecule has 0 heterocycles. The Labute approximate surface area is 48.5 Å². The van der Waals surface area contributed by atoms with Gasteiger partial charge < -0.3 is 10.8 Å². The van der Waals surface area contributed by atoms with Crippen LogP contribution in [0.5, 0.6) is 0 Å². The third-order valence-corrected chi connectivity index (χ3v) is 0.989. The van der Waals surface area contributed by atoms with Crippen molar-refractivity contribution in [2.75, 3.05) is 0 Å². The van der Waals surface area contributed by atoms with Crippen LogP contribution in [0.15, 0.2) is 0 Å².